The Kier molecular flexibility index (Phi) is 8.68. The molecular formula is C27H30F2N2O3. The summed E-state index contributed by atoms with van der Waals surface area (Å²) >= 11 is 0. The zero-order chi connectivity index (χ0) is 24.6. The van der Waals surface area contributed by atoms with E-state index < -0.39 is 17.8 Å². The van der Waals surface area contributed by atoms with E-state index in [9.17, 15) is 13.6 Å². The average Bonchev–Trinajstić information content (AvgIpc) is 2.87. The van der Waals surface area contributed by atoms with Gasteiger partial charge < -0.3 is 9.47 Å². The van der Waals surface area contributed by atoms with Crippen LogP contribution in [0.4, 0.5) is 8.78 Å². The van der Waals surface area contributed by atoms with E-state index in [1.807, 2.05) is 19.1 Å². The normalized spacial score (nSPS) is 13.7. The van der Waals surface area contributed by atoms with Gasteiger partial charge in [0.2, 0.25) is 5.67 Å². The van der Waals surface area contributed by atoms with Crippen LogP contribution in [0.2, 0.25) is 0 Å². The summed E-state index contributed by atoms with van der Waals surface area (Å²) in [5.74, 6) is 0.518. The van der Waals surface area contributed by atoms with Crippen molar-refractivity contribution in [1.29, 1.82) is 0 Å². The molecule has 34 heavy (non-hydrogen) atoms. The maximum Gasteiger partial charge on any atom is 0.348 e. The molecule has 0 bridgehead atoms. The van der Waals surface area contributed by atoms with Gasteiger partial charge in [-0.3, -0.25) is 0 Å². The number of esters is 1. The molecule has 3 rings (SSSR count). The lowest BCUT2D eigenvalue weighted by Gasteiger charge is -2.16. The Labute approximate surface area is 199 Å². The third-order valence-corrected chi connectivity index (χ3v) is 5.55. The van der Waals surface area contributed by atoms with Crippen molar-refractivity contribution in [1.82, 2.24) is 9.97 Å². The number of carbonyl (C=O) groups excluding carboxylic acids is 1. The van der Waals surface area contributed by atoms with Gasteiger partial charge >= 0.3 is 5.97 Å². The predicted octanol–water partition coefficient (Wildman–Crippen LogP) is 6.76. The minimum absolute atomic E-state index is 0.0422. The quantitative estimate of drug-likeness (QED) is 0.230. The van der Waals surface area contributed by atoms with Gasteiger partial charge in [-0.1, -0.05) is 38.8 Å². The lowest BCUT2D eigenvalue weighted by atomic mass is 10.1. The Morgan fingerprint density at radius 1 is 0.941 bits per heavy atom. The van der Waals surface area contributed by atoms with Crippen LogP contribution in [0, 0.1) is 0 Å². The van der Waals surface area contributed by atoms with E-state index in [1.165, 1.54) is 6.92 Å². The van der Waals surface area contributed by atoms with Crippen molar-refractivity contribution < 1.29 is 23.0 Å². The molecule has 0 aliphatic rings. The SMILES string of the molecule is CCCC[C@@H](F)COc1ccc(-c2ncc(-c3ccc(OC(=O)[C@@](C)(F)CC)cc3)cn2)cc1. The number of aromatic nitrogens is 2. The summed E-state index contributed by atoms with van der Waals surface area (Å²) in [6, 6.07) is 14.0. The topological polar surface area (TPSA) is 61.3 Å². The molecule has 2 aromatic carbocycles. The molecule has 0 radical (unpaired) electrons. The van der Waals surface area contributed by atoms with Gasteiger partial charge in [0.1, 0.15) is 24.3 Å². The third kappa shape index (κ3) is 6.83. The van der Waals surface area contributed by atoms with Crippen LogP contribution in [0.15, 0.2) is 60.9 Å². The molecule has 0 saturated carbocycles. The maximum atomic E-state index is 14.0. The Bertz CT molecular complexity index is 1050. The van der Waals surface area contributed by atoms with Crippen LogP contribution < -0.4 is 9.47 Å². The minimum atomic E-state index is -2.02. The molecule has 0 saturated heterocycles. The highest BCUT2D eigenvalue weighted by atomic mass is 19.1. The van der Waals surface area contributed by atoms with Crippen molar-refractivity contribution in [3.63, 3.8) is 0 Å². The number of carbonyl (C=O) groups is 1. The Morgan fingerprint density at radius 2 is 1.53 bits per heavy atom. The van der Waals surface area contributed by atoms with Crippen LogP contribution in [0.5, 0.6) is 11.5 Å². The molecule has 1 aromatic heterocycles. The van der Waals surface area contributed by atoms with Gasteiger partial charge in [0.25, 0.3) is 0 Å². The molecule has 0 aliphatic heterocycles. The number of hydrogen-bond acceptors (Lipinski definition) is 5. The highest BCUT2D eigenvalue weighted by Gasteiger charge is 2.33. The van der Waals surface area contributed by atoms with Gasteiger partial charge in [-0.15, -0.1) is 0 Å². The zero-order valence-electron chi connectivity index (χ0n) is 19.8. The van der Waals surface area contributed by atoms with E-state index in [-0.39, 0.29) is 18.8 Å². The van der Waals surface area contributed by atoms with Gasteiger partial charge in [0.15, 0.2) is 5.82 Å². The average molecular weight is 469 g/mol. The number of alkyl halides is 2. The molecule has 5 nitrogen and oxygen atoms in total. The molecule has 3 aromatic rings. The molecule has 0 aliphatic carbocycles. The summed E-state index contributed by atoms with van der Waals surface area (Å²) in [5, 5.41) is 0. The van der Waals surface area contributed by atoms with Gasteiger partial charge in [-0.25, -0.2) is 23.5 Å². The lowest BCUT2D eigenvalue weighted by molar-refractivity contribution is -0.146. The fraction of sp³-hybridized carbons (Fsp3) is 0.370. The van der Waals surface area contributed by atoms with Crippen LogP contribution in [-0.4, -0.2) is 34.4 Å². The molecule has 0 unspecified atom stereocenters. The van der Waals surface area contributed by atoms with Crippen molar-refractivity contribution in [2.75, 3.05) is 6.61 Å². The van der Waals surface area contributed by atoms with Crippen molar-refractivity contribution >= 4 is 5.97 Å². The van der Waals surface area contributed by atoms with Gasteiger partial charge in [-0.2, -0.15) is 0 Å². The van der Waals surface area contributed by atoms with Crippen LogP contribution in [0.1, 0.15) is 46.5 Å². The molecule has 2 atom stereocenters. The number of halogens is 2. The largest absolute Gasteiger partial charge is 0.491 e. The zero-order valence-corrected chi connectivity index (χ0v) is 19.8. The van der Waals surface area contributed by atoms with E-state index in [1.54, 1.807) is 55.7 Å². The predicted molar refractivity (Wildman–Crippen MR) is 128 cm³/mol. The molecule has 180 valence electrons. The standard InChI is InChI=1S/C27H30F2N2O3/c1-4-6-7-22(28)18-33-23-12-10-20(11-13-23)25-30-16-21(17-31-25)19-8-14-24(15-9-19)34-26(32)27(3,29)5-2/h8-17,22H,4-7,18H2,1-3H3/t22-,27+/m1/s1. The van der Waals surface area contributed by atoms with Gasteiger partial charge in [0.05, 0.1) is 0 Å². The first kappa shape index (κ1) is 25.3. The Balaban J connectivity index is 1.60. The molecular weight excluding hydrogens is 438 g/mol. The van der Waals surface area contributed by atoms with Crippen molar-refractivity contribution in [2.45, 2.75) is 58.3 Å². The van der Waals surface area contributed by atoms with E-state index >= 15 is 0 Å². The molecule has 0 amide bonds. The van der Waals surface area contributed by atoms with Crippen LogP contribution >= 0.6 is 0 Å². The summed E-state index contributed by atoms with van der Waals surface area (Å²) in [4.78, 5) is 20.7. The molecule has 1 heterocycles. The summed E-state index contributed by atoms with van der Waals surface area (Å²) in [6.45, 7) is 4.88. The second-order valence-corrected chi connectivity index (χ2v) is 8.34. The molecule has 0 fully saturated rings. The highest BCUT2D eigenvalue weighted by Crippen LogP contribution is 2.25. The summed E-state index contributed by atoms with van der Waals surface area (Å²) in [5.41, 5.74) is 0.412. The number of unbranched alkanes of at least 4 members (excludes halogenated alkanes) is 1. The van der Waals surface area contributed by atoms with Gasteiger partial charge in [-0.05, 0) is 61.7 Å². The first-order valence-electron chi connectivity index (χ1n) is 11.5. The number of nitrogens with zero attached hydrogens (tertiary/aromatic N) is 2. The molecule has 7 heteroatoms. The van der Waals surface area contributed by atoms with Gasteiger partial charge in [0, 0.05) is 23.5 Å². The van der Waals surface area contributed by atoms with E-state index in [0.717, 1.165) is 29.5 Å². The van der Waals surface area contributed by atoms with E-state index in [0.29, 0.717) is 18.0 Å². The van der Waals surface area contributed by atoms with E-state index in [2.05, 4.69) is 9.97 Å². The van der Waals surface area contributed by atoms with Crippen LogP contribution in [-0.2, 0) is 4.79 Å². The maximum absolute atomic E-state index is 14.0. The minimum Gasteiger partial charge on any atom is -0.491 e. The number of benzene rings is 2. The molecule has 0 spiro atoms. The monoisotopic (exact) mass is 468 g/mol. The number of hydrogen-bond donors (Lipinski definition) is 0. The van der Waals surface area contributed by atoms with Crippen molar-refractivity contribution in [3.8, 4) is 34.0 Å². The van der Waals surface area contributed by atoms with Crippen LogP contribution in [0.25, 0.3) is 22.5 Å². The van der Waals surface area contributed by atoms with Crippen molar-refractivity contribution in [2.24, 2.45) is 0 Å². The van der Waals surface area contributed by atoms with Crippen molar-refractivity contribution in [3.05, 3.63) is 60.9 Å². The number of ether oxygens (including phenoxy) is 2. The number of rotatable bonds is 11. The Morgan fingerprint density at radius 3 is 2.12 bits per heavy atom. The second kappa shape index (κ2) is 11.7. The second-order valence-electron chi connectivity index (χ2n) is 8.34. The summed E-state index contributed by atoms with van der Waals surface area (Å²) in [7, 11) is 0. The third-order valence-electron chi connectivity index (χ3n) is 5.55. The fourth-order valence-corrected chi connectivity index (χ4v) is 3.10. The first-order chi connectivity index (χ1) is 16.3. The van der Waals surface area contributed by atoms with E-state index in [4.69, 9.17) is 9.47 Å². The summed E-state index contributed by atoms with van der Waals surface area (Å²) < 4.78 is 38.4. The first-order valence-corrected chi connectivity index (χ1v) is 11.5. The lowest BCUT2D eigenvalue weighted by Crippen LogP contribution is -2.33. The fourth-order valence-electron chi connectivity index (χ4n) is 3.10. The smallest absolute Gasteiger partial charge is 0.348 e. The molecule has 0 N–H and O–H groups in total. The van der Waals surface area contributed by atoms with Crippen LogP contribution in [0.3, 0.4) is 0 Å². The Hall–Kier alpha value is -3.35. The summed E-state index contributed by atoms with van der Waals surface area (Å²) in [6.07, 6.45) is 4.81. The highest BCUT2D eigenvalue weighted by molar-refractivity contribution is 5.81.